The Hall–Kier alpha value is -2.21. The fourth-order valence-corrected chi connectivity index (χ4v) is 4.33. The minimum atomic E-state index is -0.171. The quantitative estimate of drug-likeness (QED) is 0.759. The van der Waals surface area contributed by atoms with Gasteiger partial charge in [-0.1, -0.05) is 6.07 Å². The van der Waals surface area contributed by atoms with Crippen LogP contribution in [0, 0.1) is 5.92 Å². The first-order chi connectivity index (χ1) is 13.0. The van der Waals surface area contributed by atoms with E-state index in [1.165, 1.54) is 5.56 Å². The number of nitrogens with zero attached hydrogens (tertiary/aromatic N) is 2. The lowest BCUT2D eigenvalue weighted by atomic mass is 9.85. The number of rotatable bonds is 4. The van der Waals surface area contributed by atoms with Crippen molar-refractivity contribution in [3.8, 4) is 0 Å². The normalized spacial score (nSPS) is 24.8. The number of fused-ring (bicyclic) bond motifs is 2. The van der Waals surface area contributed by atoms with Crippen LogP contribution in [0.15, 0.2) is 17.1 Å². The smallest absolute Gasteiger partial charge is 0.310 e. The highest BCUT2D eigenvalue weighted by molar-refractivity contribution is 6.07. The zero-order valence-corrected chi connectivity index (χ0v) is 16.0. The number of likely N-dealkylation sites (tertiary alicyclic amines) is 1. The molecule has 0 aromatic heterocycles. The van der Waals surface area contributed by atoms with E-state index in [0.29, 0.717) is 38.8 Å². The van der Waals surface area contributed by atoms with E-state index in [1.807, 2.05) is 7.05 Å². The fraction of sp³-hybridized carbons (Fsp3) is 0.571. The molecule has 1 amide bonds. The van der Waals surface area contributed by atoms with Crippen LogP contribution in [0.4, 0.5) is 0 Å². The average molecular weight is 370 g/mol. The summed E-state index contributed by atoms with van der Waals surface area (Å²) in [6.45, 7) is 1.99. The van der Waals surface area contributed by atoms with Crippen molar-refractivity contribution in [1.29, 1.82) is 0 Å². The minimum Gasteiger partial charge on any atom is -0.462 e. The number of benzene rings is 1. The van der Waals surface area contributed by atoms with Gasteiger partial charge in [-0.15, -0.1) is 0 Å². The summed E-state index contributed by atoms with van der Waals surface area (Å²) < 4.78 is 10.7. The maximum Gasteiger partial charge on any atom is 0.310 e. The van der Waals surface area contributed by atoms with Crippen molar-refractivity contribution in [1.82, 2.24) is 4.90 Å². The van der Waals surface area contributed by atoms with E-state index < -0.39 is 0 Å². The third-order valence-corrected chi connectivity index (χ3v) is 5.89. The standard InChI is InChI=1S/C21H26N2O4/c1-23-5-3-13(10-19(23)24)21-18-9-15-8-17(4-6-26-2)27-20(25)11-14(15)7-16(18)12-22-21/h7,9,13,17H,3-6,8,10-12H2,1-2H3. The number of carbonyl (C=O) groups excluding carboxylic acids is 2. The zero-order valence-electron chi connectivity index (χ0n) is 16.0. The molecule has 1 aromatic rings. The second-order valence-electron chi connectivity index (χ2n) is 7.76. The molecule has 1 saturated heterocycles. The molecular weight excluding hydrogens is 344 g/mol. The molecule has 6 nitrogen and oxygen atoms in total. The van der Waals surface area contributed by atoms with Crippen molar-refractivity contribution in [3.05, 3.63) is 34.4 Å². The molecule has 0 spiro atoms. The van der Waals surface area contributed by atoms with Crippen molar-refractivity contribution in [2.24, 2.45) is 10.9 Å². The first-order valence-electron chi connectivity index (χ1n) is 9.67. The molecule has 0 aliphatic carbocycles. The van der Waals surface area contributed by atoms with Gasteiger partial charge < -0.3 is 14.4 Å². The molecule has 0 radical (unpaired) electrons. The number of methoxy groups -OCH3 is 1. The molecule has 0 N–H and O–H groups in total. The summed E-state index contributed by atoms with van der Waals surface area (Å²) in [5, 5.41) is 0. The molecule has 3 aliphatic rings. The first kappa shape index (κ1) is 18.2. The van der Waals surface area contributed by atoms with Gasteiger partial charge in [0.2, 0.25) is 5.91 Å². The number of piperidine rings is 1. The van der Waals surface area contributed by atoms with Crippen LogP contribution >= 0.6 is 0 Å². The number of amides is 1. The van der Waals surface area contributed by atoms with E-state index in [4.69, 9.17) is 14.5 Å². The Morgan fingerprint density at radius 1 is 1.22 bits per heavy atom. The van der Waals surface area contributed by atoms with E-state index in [2.05, 4.69) is 12.1 Å². The molecule has 1 fully saturated rings. The van der Waals surface area contributed by atoms with Crippen LogP contribution in [-0.4, -0.2) is 55.9 Å². The summed E-state index contributed by atoms with van der Waals surface area (Å²) in [5.41, 5.74) is 5.61. The van der Waals surface area contributed by atoms with Gasteiger partial charge in [0.1, 0.15) is 6.10 Å². The maximum absolute atomic E-state index is 12.2. The van der Waals surface area contributed by atoms with Gasteiger partial charge in [0.15, 0.2) is 0 Å². The molecule has 0 saturated carbocycles. The fourth-order valence-electron chi connectivity index (χ4n) is 4.33. The molecule has 3 aliphatic heterocycles. The molecule has 1 aromatic carbocycles. The van der Waals surface area contributed by atoms with Gasteiger partial charge in [-0.05, 0) is 29.2 Å². The molecular formula is C21H26N2O4. The molecule has 2 atom stereocenters. The van der Waals surface area contributed by atoms with Gasteiger partial charge in [0, 0.05) is 63.8 Å². The largest absolute Gasteiger partial charge is 0.462 e. The zero-order chi connectivity index (χ0) is 19.0. The van der Waals surface area contributed by atoms with Crippen molar-refractivity contribution >= 4 is 17.6 Å². The number of aliphatic imine (C=N–C) groups is 1. The highest BCUT2D eigenvalue weighted by atomic mass is 16.5. The lowest BCUT2D eigenvalue weighted by molar-refractivity contribution is -0.148. The Kier molecular flexibility index (Phi) is 5.00. The van der Waals surface area contributed by atoms with Crippen molar-refractivity contribution in [2.45, 2.75) is 44.8 Å². The topological polar surface area (TPSA) is 68.2 Å². The number of carbonyl (C=O) groups is 2. The molecule has 2 unspecified atom stereocenters. The monoisotopic (exact) mass is 370 g/mol. The van der Waals surface area contributed by atoms with Gasteiger partial charge in [0.25, 0.3) is 0 Å². The third-order valence-electron chi connectivity index (χ3n) is 5.89. The molecule has 144 valence electrons. The predicted molar refractivity (Wildman–Crippen MR) is 101 cm³/mol. The van der Waals surface area contributed by atoms with Crippen molar-refractivity contribution in [2.75, 3.05) is 27.3 Å². The van der Waals surface area contributed by atoms with E-state index in [9.17, 15) is 9.59 Å². The number of hydrogen-bond donors (Lipinski definition) is 0. The Morgan fingerprint density at radius 2 is 2.07 bits per heavy atom. The highest BCUT2D eigenvalue weighted by Gasteiger charge is 2.32. The third kappa shape index (κ3) is 3.63. The molecule has 6 heteroatoms. The summed E-state index contributed by atoms with van der Waals surface area (Å²) in [7, 11) is 3.52. The second kappa shape index (κ2) is 7.43. The van der Waals surface area contributed by atoms with Gasteiger partial charge >= 0.3 is 5.97 Å². The predicted octanol–water partition coefficient (Wildman–Crippen LogP) is 1.90. The molecule has 0 bridgehead atoms. The summed E-state index contributed by atoms with van der Waals surface area (Å²) in [5.74, 6) is 0.214. The van der Waals surface area contributed by atoms with Crippen LogP contribution in [0.1, 0.15) is 41.5 Å². The summed E-state index contributed by atoms with van der Waals surface area (Å²) in [6.07, 6.45) is 3.05. The summed E-state index contributed by atoms with van der Waals surface area (Å²) in [6, 6.07) is 4.32. The lowest BCUT2D eigenvalue weighted by Crippen LogP contribution is -2.38. The van der Waals surface area contributed by atoms with Crippen LogP contribution < -0.4 is 0 Å². The molecule has 27 heavy (non-hydrogen) atoms. The van der Waals surface area contributed by atoms with E-state index in [1.54, 1.807) is 12.0 Å². The average Bonchev–Trinajstić information content (AvgIpc) is 2.97. The highest BCUT2D eigenvalue weighted by Crippen LogP contribution is 2.32. The Bertz CT molecular complexity index is 802. The molecule has 4 rings (SSSR count). The minimum absolute atomic E-state index is 0.150. The summed E-state index contributed by atoms with van der Waals surface area (Å²) in [4.78, 5) is 30.9. The molecule has 3 heterocycles. The van der Waals surface area contributed by atoms with Gasteiger partial charge in [0.05, 0.1) is 13.0 Å². The van der Waals surface area contributed by atoms with Gasteiger partial charge in [-0.2, -0.15) is 0 Å². The van der Waals surface area contributed by atoms with Crippen molar-refractivity contribution < 1.29 is 19.1 Å². The van der Waals surface area contributed by atoms with Crippen LogP contribution in [0.5, 0.6) is 0 Å². The van der Waals surface area contributed by atoms with Crippen LogP contribution in [0.3, 0.4) is 0 Å². The van der Waals surface area contributed by atoms with E-state index in [-0.39, 0.29) is 23.9 Å². The van der Waals surface area contributed by atoms with E-state index >= 15 is 0 Å². The van der Waals surface area contributed by atoms with Crippen LogP contribution in [0.25, 0.3) is 0 Å². The van der Waals surface area contributed by atoms with Crippen LogP contribution in [-0.2, 0) is 38.4 Å². The maximum atomic E-state index is 12.2. The Morgan fingerprint density at radius 3 is 2.85 bits per heavy atom. The number of esters is 1. The number of ether oxygens (including phenoxy) is 2. The van der Waals surface area contributed by atoms with Gasteiger partial charge in [-0.25, -0.2) is 0 Å². The second-order valence-corrected chi connectivity index (χ2v) is 7.76. The van der Waals surface area contributed by atoms with E-state index in [0.717, 1.165) is 35.4 Å². The first-order valence-corrected chi connectivity index (χ1v) is 9.67. The lowest BCUT2D eigenvalue weighted by Gasteiger charge is -2.29. The SMILES string of the molecule is COCCC1Cc2cc3c(cc2CC(=O)O1)CN=C3C1CCN(C)C(=O)C1. The Balaban J connectivity index is 1.60. The Labute approximate surface area is 159 Å². The number of hydrogen-bond acceptors (Lipinski definition) is 5. The van der Waals surface area contributed by atoms with Crippen LogP contribution in [0.2, 0.25) is 0 Å². The van der Waals surface area contributed by atoms with Crippen molar-refractivity contribution in [3.63, 3.8) is 0 Å². The summed E-state index contributed by atoms with van der Waals surface area (Å²) >= 11 is 0. The van der Waals surface area contributed by atoms with Gasteiger partial charge in [-0.3, -0.25) is 14.6 Å². The number of cyclic esters (lactones) is 1.